The summed E-state index contributed by atoms with van der Waals surface area (Å²) < 4.78 is 43.0. The van der Waals surface area contributed by atoms with Crippen molar-refractivity contribution in [2.75, 3.05) is 24.9 Å². The molecule has 0 radical (unpaired) electrons. The maximum atomic E-state index is 14.1. The molecule has 0 aromatic heterocycles. The van der Waals surface area contributed by atoms with Crippen molar-refractivity contribution in [3.8, 4) is 0 Å². The molecule has 0 aliphatic carbocycles. The zero-order chi connectivity index (χ0) is 29.4. The minimum Gasteiger partial charge on any atom is -0.352 e. The molecule has 0 aliphatic rings. The Hall–Kier alpha value is -3.28. The monoisotopic (exact) mass is 632 g/mol. The number of nitrogens with zero attached hydrogens (tertiary/aromatic N) is 3. The first-order valence-electron chi connectivity index (χ1n) is 12.7. The Kier molecular flexibility index (Phi) is 10.8. The van der Waals surface area contributed by atoms with Gasteiger partial charge < -0.3 is 10.2 Å². The van der Waals surface area contributed by atoms with E-state index >= 15 is 0 Å². The average molecular weight is 634 g/mol. The van der Waals surface area contributed by atoms with Crippen LogP contribution in [0.5, 0.6) is 0 Å². The van der Waals surface area contributed by atoms with Gasteiger partial charge in [0.05, 0.1) is 5.69 Å². The summed E-state index contributed by atoms with van der Waals surface area (Å²) in [6, 6.07) is 20.4. The largest absolute Gasteiger partial charge is 0.352 e. The van der Waals surface area contributed by atoms with Gasteiger partial charge in [0.15, 0.2) is 0 Å². The van der Waals surface area contributed by atoms with Crippen LogP contribution in [0.2, 0.25) is 0 Å². The highest BCUT2D eigenvalue weighted by atomic mass is 79.9. The first kappa shape index (κ1) is 31.3. The molecule has 3 aromatic rings. The molecule has 0 unspecified atom stereocenters. The van der Waals surface area contributed by atoms with Crippen LogP contribution in [-0.2, 0) is 32.8 Å². The Balaban J connectivity index is 2.09. The lowest BCUT2D eigenvalue weighted by molar-refractivity contribution is -0.140. The molecule has 214 valence electrons. The third-order valence-corrected chi connectivity index (χ3v) is 8.39. The molecule has 0 aliphatic heterocycles. The van der Waals surface area contributed by atoms with Gasteiger partial charge in [-0.15, -0.1) is 0 Å². The van der Waals surface area contributed by atoms with E-state index in [2.05, 4.69) is 21.2 Å². The van der Waals surface area contributed by atoms with E-state index in [4.69, 9.17) is 0 Å². The molecular formula is C29H34BrFN4O4S. The van der Waals surface area contributed by atoms with Gasteiger partial charge in [0, 0.05) is 37.6 Å². The smallest absolute Gasteiger partial charge is 0.304 e. The Labute approximate surface area is 244 Å². The molecule has 0 saturated heterocycles. The van der Waals surface area contributed by atoms with Gasteiger partial charge in [0.1, 0.15) is 18.4 Å². The molecule has 0 fully saturated rings. The van der Waals surface area contributed by atoms with Gasteiger partial charge >= 0.3 is 10.2 Å². The Bertz CT molecular complexity index is 1400. The number of amides is 2. The van der Waals surface area contributed by atoms with E-state index in [1.165, 1.54) is 31.1 Å². The van der Waals surface area contributed by atoms with Crippen molar-refractivity contribution in [2.45, 2.75) is 38.9 Å². The predicted molar refractivity (Wildman–Crippen MR) is 158 cm³/mol. The van der Waals surface area contributed by atoms with Crippen LogP contribution in [0, 0.1) is 5.82 Å². The van der Waals surface area contributed by atoms with Crippen molar-refractivity contribution in [3.63, 3.8) is 0 Å². The number of hydrogen-bond donors (Lipinski definition) is 1. The molecule has 11 heteroatoms. The second-order valence-corrected chi connectivity index (χ2v) is 12.8. The number of benzene rings is 3. The number of carbonyl (C=O) groups is 2. The van der Waals surface area contributed by atoms with Gasteiger partial charge in [-0.3, -0.25) is 9.59 Å². The van der Waals surface area contributed by atoms with E-state index in [0.717, 1.165) is 36.3 Å². The van der Waals surface area contributed by atoms with Gasteiger partial charge in [0.25, 0.3) is 0 Å². The SMILES string of the molecule is CC(C)NC(=O)[C@H](Cc1ccccc1)N(Cc1cccc(Br)c1)C(=O)CN(c1ccc(F)cc1)S(=O)(=O)N(C)C. The summed E-state index contributed by atoms with van der Waals surface area (Å²) in [5.74, 6) is -1.48. The van der Waals surface area contributed by atoms with Crippen LogP contribution >= 0.6 is 15.9 Å². The van der Waals surface area contributed by atoms with Crippen molar-refractivity contribution < 1.29 is 22.4 Å². The third kappa shape index (κ3) is 8.36. The van der Waals surface area contributed by atoms with Crippen LogP contribution in [0.3, 0.4) is 0 Å². The quantitative estimate of drug-likeness (QED) is 0.321. The standard InChI is InChI=1S/C29H34BrFN4O4S/c1-21(2)32-29(37)27(18-22-9-6-5-7-10-22)34(19-23-11-8-12-24(30)17-23)28(36)20-35(40(38,39)33(3)4)26-15-13-25(31)14-16-26/h5-17,21,27H,18-20H2,1-4H3,(H,32,37)/t27-/m0/s1. The van der Waals surface area contributed by atoms with Gasteiger partial charge in [-0.25, -0.2) is 8.70 Å². The second-order valence-electron chi connectivity index (χ2n) is 9.79. The van der Waals surface area contributed by atoms with E-state index in [-0.39, 0.29) is 30.6 Å². The molecule has 0 saturated carbocycles. The van der Waals surface area contributed by atoms with Crippen LogP contribution in [-0.4, -0.2) is 62.2 Å². The Morgan fingerprint density at radius 3 is 2.12 bits per heavy atom. The minimum absolute atomic E-state index is 0.0561. The van der Waals surface area contributed by atoms with Crippen molar-refractivity contribution in [3.05, 3.63) is 100 Å². The van der Waals surface area contributed by atoms with Gasteiger partial charge in [0.2, 0.25) is 11.8 Å². The van der Waals surface area contributed by atoms with E-state index in [1.54, 1.807) is 0 Å². The normalized spacial score (nSPS) is 12.3. The van der Waals surface area contributed by atoms with Crippen molar-refractivity contribution >= 4 is 43.6 Å². The molecule has 1 atom stereocenters. The van der Waals surface area contributed by atoms with Crippen LogP contribution in [0.25, 0.3) is 0 Å². The van der Waals surface area contributed by atoms with Crippen LogP contribution < -0.4 is 9.62 Å². The Morgan fingerprint density at radius 2 is 1.55 bits per heavy atom. The summed E-state index contributed by atoms with van der Waals surface area (Å²) in [6.07, 6.45) is 0.218. The maximum absolute atomic E-state index is 14.1. The molecule has 3 aromatic carbocycles. The molecule has 3 rings (SSSR count). The van der Waals surface area contributed by atoms with Crippen LogP contribution in [0.15, 0.2) is 83.3 Å². The lowest BCUT2D eigenvalue weighted by Crippen LogP contribution is -2.55. The second kappa shape index (κ2) is 13.9. The Morgan fingerprint density at radius 1 is 0.925 bits per heavy atom. The first-order valence-corrected chi connectivity index (χ1v) is 14.9. The number of halogens is 2. The lowest BCUT2D eigenvalue weighted by Gasteiger charge is -2.34. The molecule has 40 heavy (non-hydrogen) atoms. The zero-order valence-corrected chi connectivity index (χ0v) is 25.3. The van der Waals surface area contributed by atoms with Gasteiger partial charge in [-0.1, -0.05) is 58.4 Å². The molecule has 0 heterocycles. The highest BCUT2D eigenvalue weighted by Gasteiger charge is 2.35. The summed E-state index contributed by atoms with van der Waals surface area (Å²) in [5, 5.41) is 2.91. The first-order chi connectivity index (χ1) is 18.9. The number of nitrogens with one attached hydrogen (secondary N) is 1. The van der Waals surface area contributed by atoms with E-state index in [0.29, 0.717) is 0 Å². The summed E-state index contributed by atoms with van der Waals surface area (Å²) in [5.41, 5.74) is 1.72. The van der Waals surface area contributed by atoms with Crippen LogP contribution in [0.1, 0.15) is 25.0 Å². The molecule has 0 spiro atoms. The molecular weight excluding hydrogens is 599 g/mol. The number of anilines is 1. The van der Waals surface area contributed by atoms with Gasteiger partial charge in [-0.2, -0.15) is 12.7 Å². The molecule has 8 nitrogen and oxygen atoms in total. The van der Waals surface area contributed by atoms with Gasteiger partial charge in [-0.05, 0) is 61.4 Å². The van der Waals surface area contributed by atoms with Crippen molar-refractivity contribution in [1.29, 1.82) is 0 Å². The maximum Gasteiger partial charge on any atom is 0.304 e. The molecule has 2 amide bonds. The molecule has 0 bridgehead atoms. The summed E-state index contributed by atoms with van der Waals surface area (Å²) in [7, 11) is -1.45. The summed E-state index contributed by atoms with van der Waals surface area (Å²) >= 11 is 3.45. The third-order valence-electron chi connectivity index (χ3n) is 6.08. The summed E-state index contributed by atoms with van der Waals surface area (Å²) in [6.45, 7) is 3.12. The van der Waals surface area contributed by atoms with Crippen LogP contribution in [0.4, 0.5) is 10.1 Å². The zero-order valence-electron chi connectivity index (χ0n) is 22.9. The fourth-order valence-electron chi connectivity index (χ4n) is 4.09. The number of rotatable bonds is 12. The predicted octanol–water partition coefficient (Wildman–Crippen LogP) is 4.37. The molecule has 1 N–H and O–H groups in total. The fraction of sp³-hybridized carbons (Fsp3) is 0.310. The number of hydrogen-bond acceptors (Lipinski definition) is 4. The number of carbonyl (C=O) groups excluding carboxylic acids is 2. The summed E-state index contributed by atoms with van der Waals surface area (Å²) in [4.78, 5) is 29.1. The highest BCUT2D eigenvalue weighted by Crippen LogP contribution is 2.23. The fourth-order valence-corrected chi connectivity index (χ4v) is 5.59. The lowest BCUT2D eigenvalue weighted by atomic mass is 10.0. The highest BCUT2D eigenvalue weighted by molar-refractivity contribution is 9.10. The van der Waals surface area contributed by atoms with Crippen molar-refractivity contribution in [1.82, 2.24) is 14.5 Å². The topological polar surface area (TPSA) is 90.0 Å². The van der Waals surface area contributed by atoms with E-state index in [1.807, 2.05) is 68.4 Å². The van der Waals surface area contributed by atoms with E-state index < -0.39 is 34.5 Å². The van der Waals surface area contributed by atoms with Crippen molar-refractivity contribution in [2.24, 2.45) is 0 Å². The minimum atomic E-state index is -4.15. The van der Waals surface area contributed by atoms with E-state index in [9.17, 15) is 22.4 Å². The average Bonchev–Trinajstić information content (AvgIpc) is 2.89.